The zero-order valence-electron chi connectivity index (χ0n) is 19.0. The number of alkyl halides is 1. The number of fused-ring (bicyclic) bond motifs is 3. The number of nitrogens with zero attached hydrogens (tertiary/aromatic N) is 1. The summed E-state index contributed by atoms with van der Waals surface area (Å²) < 4.78 is 29.7. The van der Waals surface area contributed by atoms with Crippen molar-refractivity contribution < 1.29 is 23.4 Å². The second kappa shape index (κ2) is 9.54. The van der Waals surface area contributed by atoms with Crippen LogP contribution in [0.2, 0.25) is 0 Å². The third kappa shape index (κ3) is 5.08. The summed E-state index contributed by atoms with van der Waals surface area (Å²) in [5, 5.41) is 0. The van der Waals surface area contributed by atoms with Crippen LogP contribution < -0.4 is 9.47 Å². The average molecular weight is 422 g/mol. The predicted molar refractivity (Wildman–Crippen MR) is 115 cm³/mol. The van der Waals surface area contributed by atoms with Gasteiger partial charge in [-0.05, 0) is 54.4 Å². The lowest BCUT2D eigenvalue weighted by molar-refractivity contribution is -0.154. The number of halogens is 1. The molecule has 3 rings (SSSR count). The van der Waals surface area contributed by atoms with E-state index < -0.39 is 0 Å². The molecule has 1 aromatic rings. The van der Waals surface area contributed by atoms with Crippen molar-refractivity contribution >= 4 is 5.97 Å². The Morgan fingerprint density at radius 1 is 1.20 bits per heavy atom. The van der Waals surface area contributed by atoms with E-state index in [1.165, 1.54) is 18.1 Å². The number of hydrogen-bond donors (Lipinski definition) is 0. The fourth-order valence-corrected chi connectivity index (χ4v) is 5.00. The molecule has 0 bridgehead atoms. The van der Waals surface area contributed by atoms with E-state index in [4.69, 9.17) is 14.2 Å². The van der Waals surface area contributed by atoms with E-state index >= 15 is 0 Å². The van der Waals surface area contributed by atoms with E-state index in [0.717, 1.165) is 50.3 Å². The molecule has 30 heavy (non-hydrogen) atoms. The largest absolute Gasteiger partial charge is 0.493 e. The minimum absolute atomic E-state index is 0.0369. The second-order valence-corrected chi connectivity index (χ2v) is 9.45. The van der Waals surface area contributed by atoms with Crippen LogP contribution >= 0.6 is 0 Å². The summed E-state index contributed by atoms with van der Waals surface area (Å²) >= 11 is 0. The maximum absolute atomic E-state index is 12.9. The van der Waals surface area contributed by atoms with E-state index in [1.54, 1.807) is 14.2 Å². The van der Waals surface area contributed by atoms with Gasteiger partial charge in [0.25, 0.3) is 0 Å². The van der Waals surface area contributed by atoms with Gasteiger partial charge < -0.3 is 14.2 Å². The SMILES string of the molecule is COc1cc2c(cc1OC)[C@@H]1CC(OC(C)=O)[C@@H](CCC(C)(C)CCF)CN1CC2. The summed E-state index contributed by atoms with van der Waals surface area (Å²) in [6.45, 7) is 7.30. The highest BCUT2D eigenvalue weighted by molar-refractivity contribution is 5.66. The van der Waals surface area contributed by atoms with Crippen LogP contribution in [0.15, 0.2) is 12.1 Å². The molecule has 6 heteroatoms. The molecular weight excluding hydrogens is 385 g/mol. The van der Waals surface area contributed by atoms with Crippen molar-refractivity contribution in [1.29, 1.82) is 0 Å². The molecule has 1 fully saturated rings. The van der Waals surface area contributed by atoms with Gasteiger partial charge in [0.2, 0.25) is 0 Å². The second-order valence-electron chi connectivity index (χ2n) is 9.45. The Labute approximate surface area is 179 Å². The number of carbonyl (C=O) groups excluding carboxylic acids is 1. The maximum Gasteiger partial charge on any atom is 0.302 e. The van der Waals surface area contributed by atoms with Gasteiger partial charge in [-0.1, -0.05) is 13.8 Å². The van der Waals surface area contributed by atoms with Gasteiger partial charge in [0.15, 0.2) is 11.5 Å². The van der Waals surface area contributed by atoms with Crippen molar-refractivity contribution in [3.63, 3.8) is 0 Å². The van der Waals surface area contributed by atoms with Crippen molar-refractivity contribution in [1.82, 2.24) is 4.90 Å². The normalized spacial score (nSPS) is 24.0. The average Bonchev–Trinajstić information content (AvgIpc) is 2.70. The Kier molecular flexibility index (Phi) is 7.27. The van der Waals surface area contributed by atoms with Gasteiger partial charge in [0, 0.05) is 38.4 Å². The van der Waals surface area contributed by atoms with Crippen molar-refractivity contribution in [3.05, 3.63) is 23.3 Å². The van der Waals surface area contributed by atoms with Gasteiger partial charge >= 0.3 is 5.97 Å². The van der Waals surface area contributed by atoms with Crippen LogP contribution in [0, 0.1) is 11.3 Å². The molecule has 1 aromatic carbocycles. The van der Waals surface area contributed by atoms with Crippen LogP contribution in [-0.2, 0) is 16.0 Å². The Morgan fingerprint density at radius 3 is 2.53 bits per heavy atom. The van der Waals surface area contributed by atoms with Crippen LogP contribution in [0.3, 0.4) is 0 Å². The molecule has 0 aliphatic carbocycles. The van der Waals surface area contributed by atoms with Crippen LogP contribution in [0.4, 0.5) is 4.39 Å². The first-order chi connectivity index (χ1) is 14.3. The van der Waals surface area contributed by atoms with Gasteiger partial charge in [0.05, 0.1) is 20.9 Å². The summed E-state index contributed by atoms with van der Waals surface area (Å²) in [6.07, 6.45) is 4.05. The molecule has 0 saturated carbocycles. The quantitative estimate of drug-likeness (QED) is 0.569. The number of carbonyl (C=O) groups is 1. The third-order valence-corrected chi connectivity index (χ3v) is 6.84. The molecule has 2 aliphatic rings. The van der Waals surface area contributed by atoms with Gasteiger partial charge in [-0.3, -0.25) is 14.1 Å². The first-order valence-electron chi connectivity index (χ1n) is 11.0. The number of benzene rings is 1. The van der Waals surface area contributed by atoms with Crippen molar-refractivity contribution in [2.24, 2.45) is 11.3 Å². The molecule has 168 valence electrons. The van der Waals surface area contributed by atoms with Crippen LogP contribution in [0.25, 0.3) is 0 Å². The molecule has 0 spiro atoms. The zero-order chi connectivity index (χ0) is 21.9. The molecule has 0 aromatic heterocycles. The van der Waals surface area contributed by atoms with E-state index in [2.05, 4.69) is 30.9 Å². The highest BCUT2D eigenvalue weighted by atomic mass is 19.1. The van der Waals surface area contributed by atoms with E-state index in [9.17, 15) is 9.18 Å². The molecule has 1 saturated heterocycles. The highest BCUT2D eigenvalue weighted by Crippen LogP contribution is 2.44. The number of rotatable bonds is 8. The fraction of sp³-hybridized carbons (Fsp3) is 0.708. The summed E-state index contributed by atoms with van der Waals surface area (Å²) in [4.78, 5) is 14.3. The Balaban J connectivity index is 1.82. The molecule has 1 unspecified atom stereocenters. The minimum Gasteiger partial charge on any atom is -0.493 e. The molecule has 5 nitrogen and oxygen atoms in total. The van der Waals surface area contributed by atoms with E-state index in [-0.39, 0.29) is 36.1 Å². The smallest absolute Gasteiger partial charge is 0.302 e. The molecule has 3 atom stereocenters. The standard InChI is InChI=1S/C24H36FNO4/c1-16(27)30-21-14-20-19-13-23(29-5)22(28-4)12-17(19)7-11-26(20)15-18(21)6-8-24(2,3)9-10-25/h12-13,18,20-21H,6-11,14-15H2,1-5H3/t18-,20-,21?/m0/s1. The van der Waals surface area contributed by atoms with Gasteiger partial charge in [-0.25, -0.2) is 0 Å². The summed E-state index contributed by atoms with van der Waals surface area (Å²) in [7, 11) is 3.31. The van der Waals surface area contributed by atoms with Gasteiger partial charge in [0.1, 0.15) is 6.10 Å². The molecular formula is C24H36FNO4. The Bertz CT molecular complexity index is 751. The van der Waals surface area contributed by atoms with Crippen LogP contribution in [0.1, 0.15) is 63.6 Å². The lowest BCUT2D eigenvalue weighted by atomic mass is 9.76. The van der Waals surface area contributed by atoms with Crippen molar-refractivity contribution in [3.8, 4) is 11.5 Å². The first kappa shape index (κ1) is 22.9. The molecule has 2 aliphatic heterocycles. The number of esters is 1. The lowest BCUT2D eigenvalue weighted by Gasteiger charge is -2.47. The first-order valence-corrected chi connectivity index (χ1v) is 11.0. The molecule has 0 amide bonds. The number of hydrogen-bond acceptors (Lipinski definition) is 5. The number of piperidine rings is 1. The number of methoxy groups -OCH3 is 2. The monoisotopic (exact) mass is 421 g/mol. The zero-order valence-corrected chi connectivity index (χ0v) is 19.0. The molecule has 0 N–H and O–H groups in total. The summed E-state index contributed by atoms with van der Waals surface area (Å²) in [5.41, 5.74) is 2.48. The van der Waals surface area contributed by atoms with Gasteiger partial charge in [-0.2, -0.15) is 0 Å². The predicted octanol–water partition coefficient (Wildman–Crippen LogP) is 4.72. The van der Waals surface area contributed by atoms with Gasteiger partial charge in [-0.15, -0.1) is 0 Å². The van der Waals surface area contributed by atoms with Crippen LogP contribution in [-0.4, -0.2) is 51.0 Å². The highest BCUT2D eigenvalue weighted by Gasteiger charge is 2.41. The molecule has 0 radical (unpaired) electrons. The Morgan fingerprint density at radius 2 is 1.90 bits per heavy atom. The summed E-state index contributed by atoms with van der Waals surface area (Å²) in [6, 6.07) is 4.37. The fourth-order valence-electron chi connectivity index (χ4n) is 5.00. The maximum atomic E-state index is 12.9. The topological polar surface area (TPSA) is 48.0 Å². The third-order valence-electron chi connectivity index (χ3n) is 6.84. The van der Waals surface area contributed by atoms with E-state index in [1.807, 2.05) is 0 Å². The van der Waals surface area contributed by atoms with E-state index in [0.29, 0.717) is 6.42 Å². The molecule has 2 heterocycles. The van der Waals surface area contributed by atoms with Crippen LogP contribution in [0.5, 0.6) is 11.5 Å². The van der Waals surface area contributed by atoms with Crippen molar-refractivity contribution in [2.45, 2.75) is 65.0 Å². The minimum atomic E-state index is -0.290. The summed E-state index contributed by atoms with van der Waals surface area (Å²) in [5.74, 6) is 1.53. The number of ether oxygens (including phenoxy) is 3. The Hall–Kier alpha value is -1.82. The van der Waals surface area contributed by atoms with Crippen molar-refractivity contribution in [2.75, 3.05) is 34.0 Å². The lowest BCUT2D eigenvalue weighted by Crippen LogP contribution is -2.49.